The molecule has 0 aromatic heterocycles. The second kappa shape index (κ2) is 13.2. The van der Waals surface area contributed by atoms with E-state index in [9.17, 15) is 26.3 Å². The highest BCUT2D eigenvalue weighted by atomic mass is 19.4. The van der Waals surface area contributed by atoms with Crippen LogP contribution >= 0.6 is 0 Å². The maximum Gasteiger partial charge on any atom is 0.416 e. The molecule has 40 heavy (non-hydrogen) atoms. The third-order valence-electron chi connectivity index (χ3n) is 7.61. The largest absolute Gasteiger partial charge is 0.416 e. The second-order valence-corrected chi connectivity index (χ2v) is 10.4. The van der Waals surface area contributed by atoms with Crippen molar-refractivity contribution in [1.29, 1.82) is 0 Å². The molecule has 2 aliphatic rings. The van der Waals surface area contributed by atoms with Gasteiger partial charge in [-0.2, -0.15) is 26.3 Å². The van der Waals surface area contributed by atoms with E-state index in [0.717, 1.165) is 30.5 Å². The molecule has 0 amide bonds. The van der Waals surface area contributed by atoms with Gasteiger partial charge in [0.1, 0.15) is 0 Å². The van der Waals surface area contributed by atoms with Gasteiger partial charge in [-0.25, -0.2) is 0 Å². The summed E-state index contributed by atoms with van der Waals surface area (Å²) in [6.45, 7) is 2.28. The van der Waals surface area contributed by atoms with Crippen molar-refractivity contribution in [2.45, 2.75) is 62.3 Å². The van der Waals surface area contributed by atoms with E-state index in [1.807, 2.05) is 30.3 Å². The lowest BCUT2D eigenvalue weighted by Gasteiger charge is -2.42. The number of hydrogen-bond donors (Lipinski definition) is 1. The van der Waals surface area contributed by atoms with Gasteiger partial charge >= 0.3 is 12.4 Å². The Morgan fingerprint density at radius 2 is 1.52 bits per heavy atom. The van der Waals surface area contributed by atoms with Crippen LogP contribution in [0.3, 0.4) is 0 Å². The van der Waals surface area contributed by atoms with Crippen molar-refractivity contribution in [2.75, 3.05) is 40.1 Å². The number of benzene rings is 2. The zero-order chi connectivity index (χ0) is 28.8. The number of alkyl halides is 6. The molecule has 0 radical (unpaired) electrons. The summed E-state index contributed by atoms with van der Waals surface area (Å²) < 4.78 is 103. The molecule has 4 unspecified atom stereocenters. The molecular weight excluding hydrogens is 540 g/mol. The van der Waals surface area contributed by atoms with Gasteiger partial charge < -0.3 is 24.3 Å². The molecule has 2 bridgehead atoms. The van der Waals surface area contributed by atoms with E-state index in [1.54, 1.807) is 7.11 Å². The highest BCUT2D eigenvalue weighted by Gasteiger charge is 2.54. The molecule has 0 aliphatic carbocycles. The van der Waals surface area contributed by atoms with Crippen molar-refractivity contribution in [3.8, 4) is 0 Å². The third-order valence-corrected chi connectivity index (χ3v) is 7.61. The molecule has 2 fully saturated rings. The molecule has 2 aliphatic heterocycles. The Kier molecular flexibility index (Phi) is 10.2. The van der Waals surface area contributed by atoms with E-state index < -0.39 is 35.1 Å². The quantitative estimate of drug-likeness (QED) is 0.223. The first-order valence-corrected chi connectivity index (χ1v) is 13.4. The summed E-state index contributed by atoms with van der Waals surface area (Å²) in [5.74, 6) is 0.160. The minimum absolute atomic E-state index is 0.133. The van der Waals surface area contributed by atoms with Gasteiger partial charge in [0.25, 0.3) is 0 Å². The zero-order valence-corrected chi connectivity index (χ0v) is 22.3. The molecule has 2 aromatic rings. The summed E-state index contributed by atoms with van der Waals surface area (Å²) in [5.41, 5.74) is -2.53. The fourth-order valence-electron chi connectivity index (χ4n) is 5.76. The van der Waals surface area contributed by atoms with E-state index in [4.69, 9.17) is 18.9 Å². The van der Waals surface area contributed by atoms with E-state index >= 15 is 0 Å². The van der Waals surface area contributed by atoms with Crippen LogP contribution in [-0.2, 0) is 43.4 Å². The second-order valence-electron chi connectivity index (χ2n) is 10.4. The van der Waals surface area contributed by atoms with Crippen molar-refractivity contribution in [2.24, 2.45) is 5.92 Å². The minimum Gasteiger partial charge on any atom is -0.385 e. The normalized spacial score (nSPS) is 24.9. The Hall–Kier alpha value is -2.18. The number of halogens is 6. The molecule has 4 atom stereocenters. The van der Waals surface area contributed by atoms with Gasteiger partial charge in [0.2, 0.25) is 0 Å². The van der Waals surface area contributed by atoms with E-state index in [1.165, 1.54) is 0 Å². The summed E-state index contributed by atoms with van der Waals surface area (Å²) in [7, 11) is 1.64. The lowest BCUT2D eigenvalue weighted by Crippen LogP contribution is -2.54. The first-order valence-electron chi connectivity index (χ1n) is 13.4. The van der Waals surface area contributed by atoms with Crippen LogP contribution in [0.15, 0.2) is 48.5 Å². The number of nitrogens with one attached hydrogen (secondary N) is 1. The number of fused-ring (bicyclic) bond motifs is 2. The molecule has 11 heteroatoms. The fourth-order valence-corrected chi connectivity index (χ4v) is 5.76. The van der Waals surface area contributed by atoms with Crippen molar-refractivity contribution in [3.05, 3.63) is 70.8 Å². The Balaban J connectivity index is 1.45. The molecule has 222 valence electrons. The van der Waals surface area contributed by atoms with Crippen LogP contribution in [0, 0.1) is 5.92 Å². The molecular formula is C29H35F6NO4. The first-order chi connectivity index (χ1) is 19.0. The summed E-state index contributed by atoms with van der Waals surface area (Å²) in [6, 6.07) is 11.4. The number of piperidine rings is 1. The number of rotatable bonds is 13. The Bertz CT molecular complexity index is 1050. The number of hydrogen-bond acceptors (Lipinski definition) is 5. The molecule has 2 saturated heterocycles. The molecule has 2 aromatic carbocycles. The summed E-state index contributed by atoms with van der Waals surface area (Å²) in [5, 5.41) is 3.69. The Morgan fingerprint density at radius 3 is 2.17 bits per heavy atom. The van der Waals surface area contributed by atoms with Gasteiger partial charge in [-0.3, -0.25) is 0 Å². The van der Waals surface area contributed by atoms with E-state index in [-0.39, 0.29) is 30.2 Å². The Labute approximate surface area is 230 Å². The van der Waals surface area contributed by atoms with Crippen LogP contribution < -0.4 is 5.32 Å². The van der Waals surface area contributed by atoms with Gasteiger partial charge in [-0.15, -0.1) is 0 Å². The molecule has 0 spiro atoms. The smallest absolute Gasteiger partial charge is 0.385 e. The lowest BCUT2D eigenvalue weighted by atomic mass is 9.80. The summed E-state index contributed by atoms with van der Waals surface area (Å²) >= 11 is 0. The first kappa shape index (κ1) is 30.8. The maximum atomic E-state index is 13.4. The maximum absolute atomic E-state index is 13.4. The van der Waals surface area contributed by atoms with Crippen LogP contribution in [0.2, 0.25) is 0 Å². The van der Waals surface area contributed by atoms with Crippen molar-refractivity contribution < 1.29 is 45.3 Å². The van der Waals surface area contributed by atoms with E-state index in [0.29, 0.717) is 45.9 Å². The van der Waals surface area contributed by atoms with Crippen molar-refractivity contribution in [1.82, 2.24) is 5.32 Å². The average molecular weight is 576 g/mol. The molecule has 4 rings (SSSR count). The van der Waals surface area contributed by atoms with E-state index in [2.05, 4.69) is 5.32 Å². The lowest BCUT2D eigenvalue weighted by molar-refractivity contribution is -0.143. The standard InChI is InChI=1S/C29H35F6NO4/c1-37-10-5-11-38-12-13-39-19-21-17-27(22-6-3-2-4-7-22)26(9-8-25(21)36-27)40-18-20-14-23(28(30,31)32)16-24(15-20)29(33,34)35/h2-4,6-7,14-16,21,25-26,36H,5,8-13,17-19H2,1H3. The third kappa shape index (κ3) is 7.55. The van der Waals surface area contributed by atoms with Gasteiger partial charge in [0, 0.05) is 26.4 Å². The van der Waals surface area contributed by atoms with Crippen LogP contribution in [0.25, 0.3) is 0 Å². The molecule has 5 nitrogen and oxygen atoms in total. The highest BCUT2D eigenvalue weighted by Crippen LogP contribution is 2.48. The predicted molar refractivity (Wildman–Crippen MR) is 136 cm³/mol. The van der Waals surface area contributed by atoms with Crippen LogP contribution in [0.1, 0.15) is 47.9 Å². The van der Waals surface area contributed by atoms with Gasteiger partial charge in [-0.1, -0.05) is 30.3 Å². The minimum atomic E-state index is -4.91. The van der Waals surface area contributed by atoms with Crippen LogP contribution in [0.5, 0.6) is 0 Å². The van der Waals surface area contributed by atoms with Crippen LogP contribution in [-0.4, -0.2) is 52.3 Å². The summed E-state index contributed by atoms with van der Waals surface area (Å²) in [6.07, 6.45) is -7.44. The topological polar surface area (TPSA) is 49.0 Å². The van der Waals surface area contributed by atoms with Crippen molar-refractivity contribution in [3.63, 3.8) is 0 Å². The molecule has 0 saturated carbocycles. The van der Waals surface area contributed by atoms with Crippen molar-refractivity contribution >= 4 is 0 Å². The number of ether oxygens (including phenoxy) is 4. The monoisotopic (exact) mass is 575 g/mol. The average Bonchev–Trinajstić information content (AvgIpc) is 3.22. The predicted octanol–water partition coefficient (Wildman–Crippen LogP) is 6.35. The molecule has 2 heterocycles. The highest BCUT2D eigenvalue weighted by molar-refractivity contribution is 5.34. The fraction of sp³-hybridized carbons (Fsp3) is 0.586. The van der Waals surface area contributed by atoms with Gasteiger partial charge in [0.05, 0.1) is 49.2 Å². The SMILES string of the molecule is COCCCOCCOCC1CC2(c3ccccc3)NC1CCC2OCc1cc(C(F)(F)F)cc(C(F)(F)F)c1. The van der Waals surface area contributed by atoms with Gasteiger partial charge in [0.15, 0.2) is 0 Å². The van der Waals surface area contributed by atoms with Crippen LogP contribution in [0.4, 0.5) is 26.3 Å². The van der Waals surface area contributed by atoms with Gasteiger partial charge in [-0.05, 0) is 60.9 Å². The number of methoxy groups -OCH3 is 1. The summed E-state index contributed by atoms with van der Waals surface area (Å²) in [4.78, 5) is 0. The molecule has 1 N–H and O–H groups in total. The Morgan fingerprint density at radius 1 is 0.850 bits per heavy atom. The zero-order valence-electron chi connectivity index (χ0n) is 22.3.